The minimum absolute atomic E-state index is 1.17. The van der Waals surface area contributed by atoms with Gasteiger partial charge in [-0.2, -0.15) is 0 Å². The Morgan fingerprint density at radius 1 is 0.667 bits per heavy atom. The van der Waals surface area contributed by atoms with Gasteiger partial charge < -0.3 is 0 Å². The van der Waals surface area contributed by atoms with Gasteiger partial charge in [-0.15, -0.1) is 0 Å². The van der Waals surface area contributed by atoms with E-state index in [1.807, 2.05) is 0 Å². The zero-order valence-electron chi connectivity index (χ0n) is 11.7. The fourth-order valence-electron chi connectivity index (χ4n) is 2.44. The molecule has 0 aliphatic carbocycles. The SMILES string of the molecule is CC[N](C)[Sn]([CH2]C)([N](C)CC)[N](C)CC. The first-order valence-corrected chi connectivity index (χ1v) is 12.0. The van der Waals surface area contributed by atoms with Crippen LogP contribution < -0.4 is 0 Å². The molecule has 0 unspecified atom stereocenters. The summed E-state index contributed by atoms with van der Waals surface area (Å²) in [6.45, 7) is 12.7. The van der Waals surface area contributed by atoms with Gasteiger partial charge >= 0.3 is 101 Å². The molecule has 0 aromatic carbocycles. The first-order chi connectivity index (χ1) is 7.00. The van der Waals surface area contributed by atoms with Gasteiger partial charge in [-0.25, -0.2) is 0 Å². The molecule has 0 bridgehead atoms. The number of rotatable bonds is 7. The summed E-state index contributed by atoms with van der Waals surface area (Å²) in [6.07, 6.45) is 0. The van der Waals surface area contributed by atoms with E-state index in [1.54, 1.807) is 0 Å². The summed E-state index contributed by atoms with van der Waals surface area (Å²) in [5.41, 5.74) is 0. The van der Waals surface area contributed by atoms with Gasteiger partial charge in [-0.05, 0) is 0 Å². The van der Waals surface area contributed by atoms with Crippen molar-refractivity contribution >= 4 is 19.2 Å². The number of hydrogen-bond donors (Lipinski definition) is 0. The molecule has 0 saturated carbocycles. The molecule has 0 atom stereocenters. The van der Waals surface area contributed by atoms with Crippen molar-refractivity contribution in [1.29, 1.82) is 0 Å². The summed E-state index contributed by atoms with van der Waals surface area (Å²) in [5, 5.41) is 0. The third-order valence-electron chi connectivity index (χ3n) is 3.73. The number of nitrogens with zero attached hydrogens (tertiary/aromatic N) is 3. The molecular weight excluding hydrogens is 293 g/mol. The van der Waals surface area contributed by atoms with Crippen LogP contribution in [-0.2, 0) is 0 Å². The summed E-state index contributed by atoms with van der Waals surface area (Å²) in [6, 6.07) is 0. The monoisotopic (exact) mass is 323 g/mol. The predicted octanol–water partition coefficient (Wildman–Crippen LogP) is 1.80. The average molecular weight is 322 g/mol. The third-order valence-corrected chi connectivity index (χ3v) is 19.6. The molecule has 3 nitrogen and oxygen atoms in total. The molecule has 0 saturated heterocycles. The van der Waals surface area contributed by atoms with Crippen LogP contribution in [0.4, 0.5) is 0 Å². The van der Waals surface area contributed by atoms with E-state index in [0.29, 0.717) is 0 Å². The molecule has 0 aliphatic heterocycles. The van der Waals surface area contributed by atoms with Crippen LogP contribution in [0.15, 0.2) is 0 Å². The summed E-state index contributed by atoms with van der Waals surface area (Å²) in [7, 11) is 6.91. The molecular formula is C11H29N3Sn. The van der Waals surface area contributed by atoms with Gasteiger partial charge in [0.2, 0.25) is 0 Å². The number of hydrogen-bond acceptors (Lipinski definition) is 3. The van der Waals surface area contributed by atoms with Crippen LogP contribution in [0.5, 0.6) is 0 Å². The molecule has 0 spiro atoms. The van der Waals surface area contributed by atoms with Gasteiger partial charge in [-0.1, -0.05) is 0 Å². The van der Waals surface area contributed by atoms with E-state index < -0.39 is 19.2 Å². The van der Waals surface area contributed by atoms with Gasteiger partial charge in [0.25, 0.3) is 0 Å². The topological polar surface area (TPSA) is 9.72 Å². The summed E-state index contributed by atoms with van der Waals surface area (Å²) in [5.74, 6) is 0. The molecule has 15 heavy (non-hydrogen) atoms. The molecule has 0 aromatic heterocycles. The van der Waals surface area contributed by atoms with E-state index in [9.17, 15) is 0 Å². The van der Waals surface area contributed by atoms with E-state index in [0.717, 1.165) is 0 Å². The molecule has 0 amide bonds. The van der Waals surface area contributed by atoms with Crippen molar-refractivity contribution in [2.75, 3.05) is 40.8 Å². The van der Waals surface area contributed by atoms with Crippen molar-refractivity contribution in [3.8, 4) is 0 Å². The van der Waals surface area contributed by atoms with Gasteiger partial charge in [0.15, 0.2) is 0 Å². The Morgan fingerprint density at radius 2 is 0.933 bits per heavy atom. The average Bonchev–Trinajstić information content (AvgIpc) is 2.29. The fraction of sp³-hybridized carbons (Fsp3) is 1.00. The van der Waals surface area contributed by atoms with Crippen LogP contribution in [-0.4, -0.2) is 69.3 Å². The van der Waals surface area contributed by atoms with Gasteiger partial charge in [0.1, 0.15) is 0 Å². The Balaban J connectivity index is 5.09. The molecule has 0 heterocycles. The van der Waals surface area contributed by atoms with E-state index in [1.165, 1.54) is 24.1 Å². The van der Waals surface area contributed by atoms with E-state index in [-0.39, 0.29) is 0 Å². The van der Waals surface area contributed by atoms with Crippen LogP contribution in [0.1, 0.15) is 27.7 Å². The van der Waals surface area contributed by atoms with Crippen molar-refractivity contribution in [2.24, 2.45) is 0 Å². The van der Waals surface area contributed by atoms with Gasteiger partial charge in [0.05, 0.1) is 0 Å². The zero-order chi connectivity index (χ0) is 12.1. The van der Waals surface area contributed by atoms with Crippen LogP contribution in [0, 0.1) is 0 Å². The second kappa shape index (κ2) is 7.09. The summed E-state index contributed by atoms with van der Waals surface area (Å²) < 4.78 is 9.25. The zero-order valence-corrected chi connectivity index (χ0v) is 14.5. The normalized spacial score (nSPS) is 13.2. The molecule has 0 radical (unpaired) electrons. The third kappa shape index (κ3) is 3.08. The maximum atomic E-state index is 2.64. The van der Waals surface area contributed by atoms with Gasteiger partial charge in [0, 0.05) is 0 Å². The molecule has 92 valence electrons. The Morgan fingerprint density at radius 3 is 1.07 bits per heavy atom. The molecule has 0 fully saturated rings. The van der Waals surface area contributed by atoms with Crippen molar-refractivity contribution in [2.45, 2.75) is 32.1 Å². The van der Waals surface area contributed by atoms with Crippen LogP contribution in [0.3, 0.4) is 0 Å². The first-order valence-electron chi connectivity index (χ1n) is 6.14. The maximum absolute atomic E-state index is 2.64. The van der Waals surface area contributed by atoms with Crippen LogP contribution in [0.2, 0.25) is 4.44 Å². The first kappa shape index (κ1) is 15.7. The van der Waals surface area contributed by atoms with E-state index in [2.05, 4.69) is 58.2 Å². The fourth-order valence-corrected chi connectivity index (χ4v) is 16.4. The Bertz CT molecular complexity index is 149. The molecule has 0 aliphatic rings. The van der Waals surface area contributed by atoms with Crippen molar-refractivity contribution in [1.82, 2.24) is 9.36 Å². The standard InChI is InChI=1S/3C3H8N.C2H5.Sn/c3*1-3-4-2;1-2;/h3*3H2,1-2H3;1H2,2H3;/q3*-1;;+3. The van der Waals surface area contributed by atoms with Crippen molar-refractivity contribution in [3.63, 3.8) is 0 Å². The second-order valence-electron chi connectivity index (χ2n) is 4.17. The van der Waals surface area contributed by atoms with Crippen molar-refractivity contribution < 1.29 is 0 Å². The summed E-state index contributed by atoms with van der Waals surface area (Å²) >= 11 is -2.42. The van der Waals surface area contributed by atoms with Crippen LogP contribution in [0.25, 0.3) is 0 Å². The van der Waals surface area contributed by atoms with Crippen molar-refractivity contribution in [3.05, 3.63) is 0 Å². The molecule has 0 rings (SSSR count). The Hall–Kier alpha value is 0.679. The predicted molar refractivity (Wildman–Crippen MR) is 71.1 cm³/mol. The minimum atomic E-state index is -2.42. The quantitative estimate of drug-likeness (QED) is 0.662. The van der Waals surface area contributed by atoms with E-state index in [4.69, 9.17) is 0 Å². The molecule has 0 aromatic rings. The Labute approximate surface area is 101 Å². The second-order valence-corrected chi connectivity index (χ2v) is 17.1. The van der Waals surface area contributed by atoms with Crippen LogP contribution >= 0.6 is 0 Å². The van der Waals surface area contributed by atoms with E-state index >= 15 is 0 Å². The Kier molecular flexibility index (Phi) is 7.41. The molecule has 0 N–H and O–H groups in total. The van der Waals surface area contributed by atoms with Gasteiger partial charge in [-0.3, -0.25) is 0 Å². The molecule has 4 heteroatoms. The summed E-state index contributed by atoms with van der Waals surface area (Å²) in [4.78, 5) is 0.